The molecule has 5 rings (SSSR count). The molecule has 1 fully saturated rings. The van der Waals surface area contributed by atoms with Crippen LogP contribution in [0.1, 0.15) is 11.1 Å². The van der Waals surface area contributed by atoms with Gasteiger partial charge in [0, 0.05) is 50.2 Å². The highest BCUT2D eigenvalue weighted by molar-refractivity contribution is 5.88. The van der Waals surface area contributed by atoms with Gasteiger partial charge in [0.05, 0.1) is 6.61 Å². The van der Waals surface area contributed by atoms with Crippen molar-refractivity contribution in [2.45, 2.75) is 13.0 Å². The lowest BCUT2D eigenvalue weighted by Crippen LogP contribution is -2.45. The minimum absolute atomic E-state index is 0.689. The Morgan fingerprint density at radius 2 is 1.31 bits per heavy atom. The largest absolute Gasteiger partial charge is 0.493 e. The second kappa shape index (κ2) is 9.88. The van der Waals surface area contributed by atoms with E-state index in [2.05, 4.69) is 107 Å². The van der Waals surface area contributed by atoms with E-state index >= 15 is 0 Å². The van der Waals surface area contributed by atoms with Gasteiger partial charge in [0.1, 0.15) is 5.75 Å². The minimum atomic E-state index is 0.689. The third-order valence-corrected chi connectivity index (χ3v) is 6.32. The predicted molar refractivity (Wildman–Crippen MR) is 134 cm³/mol. The Bertz CT molecular complexity index is 1130. The maximum absolute atomic E-state index is 6.11. The molecule has 0 amide bonds. The summed E-state index contributed by atoms with van der Waals surface area (Å²) >= 11 is 0. The molecule has 0 radical (unpaired) electrons. The van der Waals surface area contributed by atoms with Gasteiger partial charge in [-0.1, -0.05) is 78.9 Å². The Balaban J connectivity index is 1.10. The first-order valence-electron chi connectivity index (χ1n) is 11.6. The molecular weight excluding hydrogens is 392 g/mol. The molecule has 162 valence electrons. The summed E-state index contributed by atoms with van der Waals surface area (Å²) in [4.78, 5) is 5.04. The normalized spacial score (nSPS) is 14.6. The maximum Gasteiger partial charge on any atom is 0.127 e. The van der Waals surface area contributed by atoms with E-state index in [1.165, 1.54) is 27.6 Å². The van der Waals surface area contributed by atoms with Crippen molar-refractivity contribution in [3.05, 3.63) is 108 Å². The molecule has 0 N–H and O–H groups in total. The van der Waals surface area contributed by atoms with Crippen LogP contribution < -0.4 is 9.64 Å². The molecular formula is C29H30N2O. The molecule has 1 aliphatic rings. The number of anilines is 1. The van der Waals surface area contributed by atoms with Crippen molar-refractivity contribution in [3.8, 4) is 5.75 Å². The zero-order chi connectivity index (χ0) is 21.6. The van der Waals surface area contributed by atoms with Gasteiger partial charge < -0.3 is 9.64 Å². The van der Waals surface area contributed by atoms with Gasteiger partial charge in [0.2, 0.25) is 0 Å². The lowest BCUT2D eigenvalue weighted by molar-refractivity contribution is 0.250. The molecule has 0 spiro atoms. The molecule has 0 saturated carbocycles. The van der Waals surface area contributed by atoms with E-state index in [9.17, 15) is 0 Å². The summed E-state index contributed by atoms with van der Waals surface area (Å²) in [6, 6.07) is 34.4. The van der Waals surface area contributed by atoms with Crippen molar-refractivity contribution in [1.82, 2.24) is 4.90 Å². The number of para-hydroxylation sites is 1. The maximum atomic E-state index is 6.11. The van der Waals surface area contributed by atoms with Crippen LogP contribution in [0.2, 0.25) is 0 Å². The average Bonchev–Trinajstić information content (AvgIpc) is 2.86. The molecule has 0 aromatic heterocycles. The summed E-state index contributed by atoms with van der Waals surface area (Å²) in [5, 5.41) is 2.40. The number of benzene rings is 4. The molecule has 1 saturated heterocycles. The average molecular weight is 423 g/mol. The summed E-state index contributed by atoms with van der Waals surface area (Å²) in [7, 11) is 0. The third-order valence-electron chi connectivity index (χ3n) is 6.32. The van der Waals surface area contributed by atoms with Crippen LogP contribution in [0, 0.1) is 0 Å². The molecule has 1 heterocycles. The van der Waals surface area contributed by atoms with E-state index < -0.39 is 0 Å². The first-order valence-corrected chi connectivity index (χ1v) is 11.6. The zero-order valence-electron chi connectivity index (χ0n) is 18.5. The lowest BCUT2D eigenvalue weighted by Gasteiger charge is -2.36. The van der Waals surface area contributed by atoms with E-state index in [0.717, 1.165) is 44.9 Å². The number of nitrogens with zero attached hydrogens (tertiary/aromatic N) is 2. The van der Waals surface area contributed by atoms with Crippen molar-refractivity contribution in [3.63, 3.8) is 0 Å². The molecule has 0 aliphatic carbocycles. The number of hydrogen-bond donors (Lipinski definition) is 0. The Labute approximate surface area is 190 Å². The van der Waals surface area contributed by atoms with Gasteiger partial charge in [-0.25, -0.2) is 0 Å². The van der Waals surface area contributed by atoms with Crippen LogP contribution in [0.4, 0.5) is 5.69 Å². The van der Waals surface area contributed by atoms with Crippen molar-refractivity contribution >= 4 is 16.5 Å². The topological polar surface area (TPSA) is 15.7 Å². The van der Waals surface area contributed by atoms with E-state index in [-0.39, 0.29) is 0 Å². The van der Waals surface area contributed by atoms with Crippen molar-refractivity contribution in [2.24, 2.45) is 0 Å². The lowest BCUT2D eigenvalue weighted by atomic mass is 10.1. The van der Waals surface area contributed by atoms with E-state index in [4.69, 9.17) is 4.74 Å². The molecule has 0 atom stereocenters. The smallest absolute Gasteiger partial charge is 0.127 e. The first kappa shape index (κ1) is 20.6. The van der Waals surface area contributed by atoms with Crippen LogP contribution in [0.25, 0.3) is 10.8 Å². The molecule has 1 aliphatic heterocycles. The van der Waals surface area contributed by atoms with Crippen molar-refractivity contribution in [1.29, 1.82) is 0 Å². The summed E-state index contributed by atoms with van der Waals surface area (Å²) in [6.07, 6.45) is 0.916. The standard InChI is InChI=1S/C29H30N2O/c1-2-9-27(10-3-1)31-20-18-30(19-21-31)23-25-15-13-24(14-16-25)17-22-32-29-12-6-8-26-7-4-5-11-28(26)29/h1-16H,17-23H2. The van der Waals surface area contributed by atoms with E-state index in [1.807, 2.05) is 0 Å². The summed E-state index contributed by atoms with van der Waals surface area (Å²) in [6.45, 7) is 6.11. The molecule has 0 bridgehead atoms. The Morgan fingerprint density at radius 3 is 2.12 bits per heavy atom. The third kappa shape index (κ3) is 4.95. The van der Waals surface area contributed by atoms with Crippen LogP contribution in [-0.2, 0) is 13.0 Å². The van der Waals surface area contributed by atoms with Gasteiger partial charge in [0.15, 0.2) is 0 Å². The number of rotatable bonds is 7. The van der Waals surface area contributed by atoms with Gasteiger partial charge in [-0.15, -0.1) is 0 Å². The van der Waals surface area contributed by atoms with Crippen molar-refractivity contribution < 1.29 is 4.74 Å². The number of fused-ring (bicyclic) bond motifs is 1. The highest BCUT2D eigenvalue weighted by Crippen LogP contribution is 2.25. The van der Waals surface area contributed by atoms with Crippen LogP contribution in [0.5, 0.6) is 5.75 Å². The van der Waals surface area contributed by atoms with Crippen LogP contribution >= 0.6 is 0 Å². The summed E-state index contributed by atoms with van der Waals surface area (Å²) < 4.78 is 6.11. The van der Waals surface area contributed by atoms with Crippen LogP contribution in [-0.4, -0.2) is 37.7 Å². The fraction of sp³-hybridized carbons (Fsp3) is 0.241. The quantitative estimate of drug-likeness (QED) is 0.375. The molecule has 3 heteroatoms. The molecule has 0 unspecified atom stereocenters. The molecule has 3 nitrogen and oxygen atoms in total. The first-order chi connectivity index (χ1) is 15.8. The summed E-state index contributed by atoms with van der Waals surface area (Å²) in [5.74, 6) is 0.967. The number of hydrogen-bond acceptors (Lipinski definition) is 3. The monoisotopic (exact) mass is 422 g/mol. The Hall–Kier alpha value is -3.30. The molecule has 4 aromatic rings. The van der Waals surface area contributed by atoms with Gasteiger partial charge in [-0.2, -0.15) is 0 Å². The summed E-state index contributed by atoms with van der Waals surface area (Å²) in [5.41, 5.74) is 4.04. The van der Waals surface area contributed by atoms with Gasteiger partial charge in [-0.05, 0) is 34.7 Å². The van der Waals surface area contributed by atoms with Gasteiger partial charge in [-0.3, -0.25) is 4.90 Å². The number of ether oxygens (including phenoxy) is 1. The Morgan fingerprint density at radius 1 is 0.625 bits per heavy atom. The van der Waals surface area contributed by atoms with Gasteiger partial charge >= 0.3 is 0 Å². The fourth-order valence-corrected chi connectivity index (χ4v) is 4.47. The predicted octanol–water partition coefficient (Wildman–Crippen LogP) is 5.78. The van der Waals surface area contributed by atoms with Gasteiger partial charge in [0.25, 0.3) is 0 Å². The molecule has 32 heavy (non-hydrogen) atoms. The van der Waals surface area contributed by atoms with E-state index in [0.29, 0.717) is 6.61 Å². The highest BCUT2D eigenvalue weighted by atomic mass is 16.5. The van der Waals surface area contributed by atoms with Crippen LogP contribution in [0.15, 0.2) is 97.1 Å². The fourth-order valence-electron chi connectivity index (χ4n) is 4.47. The number of piperazine rings is 1. The molecule has 4 aromatic carbocycles. The highest BCUT2D eigenvalue weighted by Gasteiger charge is 2.17. The second-order valence-corrected chi connectivity index (χ2v) is 8.49. The van der Waals surface area contributed by atoms with E-state index in [1.54, 1.807) is 0 Å². The SMILES string of the molecule is c1ccc(N2CCN(Cc3ccc(CCOc4cccc5ccccc45)cc3)CC2)cc1. The zero-order valence-corrected chi connectivity index (χ0v) is 18.5. The van der Waals surface area contributed by atoms with Crippen molar-refractivity contribution in [2.75, 3.05) is 37.7 Å². The second-order valence-electron chi connectivity index (χ2n) is 8.49. The van der Waals surface area contributed by atoms with Crippen LogP contribution in [0.3, 0.4) is 0 Å². The Kier molecular flexibility index (Phi) is 6.36. The minimum Gasteiger partial charge on any atom is -0.493 e.